The van der Waals surface area contributed by atoms with Crippen LogP contribution in [0.25, 0.3) is 0 Å². The number of carboxylic acids is 1. The predicted molar refractivity (Wildman–Crippen MR) is 56.5 cm³/mol. The van der Waals surface area contributed by atoms with Crippen molar-refractivity contribution in [2.45, 2.75) is 6.42 Å². The summed E-state index contributed by atoms with van der Waals surface area (Å²) in [5.74, 6) is -0.839. The van der Waals surface area contributed by atoms with E-state index < -0.39 is 5.97 Å². The molecule has 6 heteroatoms. The van der Waals surface area contributed by atoms with Crippen LogP contribution in [-0.2, 0) is 16.0 Å². The van der Waals surface area contributed by atoms with Crippen LogP contribution in [0.2, 0.25) is 0 Å². The number of hydrogen-bond acceptors (Lipinski definition) is 5. The molecule has 82 valence electrons. The molecule has 1 aliphatic rings. The van der Waals surface area contributed by atoms with Crippen LogP contribution in [0.3, 0.4) is 0 Å². The number of ether oxygens (including phenoxy) is 1. The molecule has 1 saturated heterocycles. The maximum atomic E-state index is 10.5. The molecule has 0 saturated carbocycles. The zero-order valence-electron chi connectivity index (χ0n) is 8.18. The minimum absolute atomic E-state index is 0.000833. The monoisotopic (exact) mass is 228 g/mol. The summed E-state index contributed by atoms with van der Waals surface area (Å²) in [5.41, 5.74) is 0.633. The van der Waals surface area contributed by atoms with Crippen molar-refractivity contribution < 1.29 is 14.6 Å². The van der Waals surface area contributed by atoms with Gasteiger partial charge < -0.3 is 14.7 Å². The molecule has 1 N–H and O–H groups in total. The number of morpholine rings is 1. The second kappa shape index (κ2) is 4.59. The van der Waals surface area contributed by atoms with Crippen molar-refractivity contribution in [3.63, 3.8) is 0 Å². The minimum Gasteiger partial charge on any atom is -0.481 e. The molecule has 0 unspecified atom stereocenters. The van der Waals surface area contributed by atoms with Crippen LogP contribution in [0.4, 0.5) is 5.13 Å². The molecule has 1 aliphatic heterocycles. The Morgan fingerprint density at radius 2 is 2.33 bits per heavy atom. The van der Waals surface area contributed by atoms with E-state index in [2.05, 4.69) is 9.88 Å². The van der Waals surface area contributed by atoms with Crippen molar-refractivity contribution in [2.75, 3.05) is 31.2 Å². The van der Waals surface area contributed by atoms with Crippen molar-refractivity contribution in [1.82, 2.24) is 4.98 Å². The van der Waals surface area contributed by atoms with Crippen molar-refractivity contribution in [2.24, 2.45) is 0 Å². The van der Waals surface area contributed by atoms with E-state index in [1.807, 2.05) is 0 Å². The summed E-state index contributed by atoms with van der Waals surface area (Å²) in [5, 5.41) is 11.3. The number of nitrogens with zero attached hydrogens (tertiary/aromatic N) is 2. The van der Waals surface area contributed by atoms with Gasteiger partial charge in [-0.25, -0.2) is 4.98 Å². The lowest BCUT2D eigenvalue weighted by Crippen LogP contribution is -2.36. The first-order valence-corrected chi connectivity index (χ1v) is 5.62. The van der Waals surface area contributed by atoms with Crippen molar-refractivity contribution in [3.8, 4) is 0 Å². The summed E-state index contributed by atoms with van der Waals surface area (Å²) < 4.78 is 5.23. The van der Waals surface area contributed by atoms with Gasteiger partial charge in [-0.15, -0.1) is 11.3 Å². The number of carboxylic acid groups (broad SMARTS) is 1. The fourth-order valence-electron chi connectivity index (χ4n) is 1.43. The van der Waals surface area contributed by atoms with Gasteiger partial charge in [0, 0.05) is 18.5 Å². The van der Waals surface area contributed by atoms with Gasteiger partial charge >= 0.3 is 5.97 Å². The highest BCUT2D eigenvalue weighted by Crippen LogP contribution is 2.21. The largest absolute Gasteiger partial charge is 0.481 e. The molecule has 0 aliphatic carbocycles. The van der Waals surface area contributed by atoms with Gasteiger partial charge in [0.2, 0.25) is 0 Å². The molecular weight excluding hydrogens is 216 g/mol. The minimum atomic E-state index is -0.839. The third kappa shape index (κ3) is 2.66. The van der Waals surface area contributed by atoms with Gasteiger partial charge in [-0.3, -0.25) is 4.79 Å². The van der Waals surface area contributed by atoms with Crippen molar-refractivity contribution in [1.29, 1.82) is 0 Å². The van der Waals surface area contributed by atoms with E-state index in [0.717, 1.165) is 18.2 Å². The fraction of sp³-hybridized carbons (Fsp3) is 0.556. The molecule has 0 bridgehead atoms. The number of hydrogen-bond donors (Lipinski definition) is 1. The molecule has 1 aromatic heterocycles. The van der Waals surface area contributed by atoms with Gasteiger partial charge in [0.05, 0.1) is 25.3 Å². The molecule has 0 spiro atoms. The second-order valence-corrected chi connectivity index (χ2v) is 4.13. The Labute approximate surface area is 91.3 Å². The molecule has 2 heterocycles. The quantitative estimate of drug-likeness (QED) is 0.821. The summed E-state index contributed by atoms with van der Waals surface area (Å²) in [6.07, 6.45) is 0.000833. The smallest absolute Gasteiger partial charge is 0.309 e. The molecule has 0 radical (unpaired) electrons. The molecule has 15 heavy (non-hydrogen) atoms. The Hall–Kier alpha value is -1.14. The SMILES string of the molecule is O=C(O)Cc1csc(N2CCOCC2)n1. The zero-order chi connectivity index (χ0) is 10.7. The topological polar surface area (TPSA) is 62.7 Å². The van der Waals surface area contributed by atoms with Gasteiger partial charge in [-0.2, -0.15) is 0 Å². The zero-order valence-corrected chi connectivity index (χ0v) is 9.00. The highest BCUT2D eigenvalue weighted by Gasteiger charge is 2.15. The lowest BCUT2D eigenvalue weighted by Gasteiger charge is -2.25. The number of anilines is 1. The first-order valence-electron chi connectivity index (χ1n) is 4.74. The highest BCUT2D eigenvalue weighted by molar-refractivity contribution is 7.13. The number of carbonyl (C=O) groups is 1. The van der Waals surface area contributed by atoms with Gasteiger partial charge in [0.1, 0.15) is 0 Å². The summed E-state index contributed by atoms with van der Waals surface area (Å²) >= 11 is 1.49. The van der Waals surface area contributed by atoms with Gasteiger partial charge in [0.25, 0.3) is 0 Å². The molecule has 1 aromatic rings. The Bertz CT molecular complexity index is 347. The van der Waals surface area contributed by atoms with E-state index >= 15 is 0 Å². The first kappa shape index (κ1) is 10.4. The van der Waals surface area contributed by atoms with Crippen LogP contribution in [0.1, 0.15) is 5.69 Å². The Balaban J connectivity index is 2.02. The molecule has 0 amide bonds. The van der Waals surface area contributed by atoms with Crippen LogP contribution in [0.5, 0.6) is 0 Å². The molecule has 0 atom stereocenters. The third-order valence-electron chi connectivity index (χ3n) is 2.15. The molecule has 5 nitrogen and oxygen atoms in total. The molecule has 2 rings (SSSR count). The lowest BCUT2D eigenvalue weighted by atomic mass is 10.3. The fourth-order valence-corrected chi connectivity index (χ4v) is 2.31. The van der Waals surface area contributed by atoms with Crippen molar-refractivity contribution in [3.05, 3.63) is 11.1 Å². The molecule has 1 fully saturated rings. The van der Waals surface area contributed by atoms with Gasteiger partial charge in [0.15, 0.2) is 5.13 Å². The number of thiazole rings is 1. The van der Waals surface area contributed by atoms with Crippen LogP contribution >= 0.6 is 11.3 Å². The Morgan fingerprint density at radius 1 is 1.60 bits per heavy atom. The summed E-state index contributed by atoms with van der Waals surface area (Å²) in [6, 6.07) is 0. The maximum Gasteiger partial charge on any atom is 0.309 e. The average Bonchev–Trinajstić information content (AvgIpc) is 2.67. The lowest BCUT2D eigenvalue weighted by molar-refractivity contribution is -0.136. The van der Waals surface area contributed by atoms with E-state index in [1.54, 1.807) is 5.38 Å². The average molecular weight is 228 g/mol. The second-order valence-electron chi connectivity index (χ2n) is 3.29. The number of rotatable bonds is 3. The van der Waals surface area contributed by atoms with Gasteiger partial charge in [-0.1, -0.05) is 0 Å². The number of aliphatic carboxylic acids is 1. The summed E-state index contributed by atoms with van der Waals surface area (Å²) in [7, 11) is 0. The van der Waals surface area contributed by atoms with Crippen molar-refractivity contribution >= 4 is 22.4 Å². The Kier molecular flexibility index (Phi) is 3.17. The standard InChI is InChI=1S/C9H12N2O3S/c12-8(13)5-7-6-15-9(10-7)11-1-3-14-4-2-11/h6H,1-5H2,(H,12,13). The third-order valence-corrected chi connectivity index (χ3v) is 3.10. The van der Waals surface area contributed by atoms with Crippen LogP contribution < -0.4 is 4.90 Å². The first-order chi connectivity index (χ1) is 7.25. The summed E-state index contributed by atoms with van der Waals surface area (Å²) in [6.45, 7) is 3.10. The van der Waals surface area contributed by atoms with Crippen LogP contribution in [0.15, 0.2) is 5.38 Å². The van der Waals surface area contributed by atoms with Crippen LogP contribution in [0, 0.1) is 0 Å². The van der Waals surface area contributed by atoms with Gasteiger partial charge in [-0.05, 0) is 0 Å². The van der Waals surface area contributed by atoms with E-state index in [9.17, 15) is 4.79 Å². The normalized spacial score (nSPS) is 16.7. The van der Waals surface area contributed by atoms with E-state index in [4.69, 9.17) is 9.84 Å². The molecular formula is C9H12N2O3S. The summed E-state index contributed by atoms with van der Waals surface area (Å²) in [4.78, 5) is 16.9. The van der Waals surface area contributed by atoms with Crippen LogP contribution in [-0.4, -0.2) is 42.4 Å². The van der Waals surface area contributed by atoms with E-state index in [-0.39, 0.29) is 6.42 Å². The Morgan fingerprint density at radius 3 is 3.00 bits per heavy atom. The van der Waals surface area contributed by atoms with E-state index in [0.29, 0.717) is 18.9 Å². The van der Waals surface area contributed by atoms with E-state index in [1.165, 1.54) is 11.3 Å². The highest BCUT2D eigenvalue weighted by atomic mass is 32.1. The number of aromatic nitrogens is 1. The predicted octanol–water partition coefficient (Wildman–Crippen LogP) is 0.607. The molecule has 0 aromatic carbocycles. The maximum absolute atomic E-state index is 10.5.